The van der Waals surface area contributed by atoms with E-state index in [1.807, 2.05) is 37.6 Å². The van der Waals surface area contributed by atoms with Crippen molar-refractivity contribution in [2.24, 2.45) is 5.73 Å². The second-order valence-corrected chi connectivity index (χ2v) is 7.57. The molecule has 0 aliphatic rings. The number of aldehydes is 1. The van der Waals surface area contributed by atoms with Crippen LogP contribution in [-0.2, 0) is 20.7 Å². The second kappa shape index (κ2) is 31.5. The Kier molecular flexibility index (Phi) is 32.9. The zero-order valence-corrected chi connectivity index (χ0v) is 26.1. The summed E-state index contributed by atoms with van der Waals surface area (Å²) in [6, 6.07) is 2.16. The lowest BCUT2D eigenvalue weighted by atomic mass is 10.1. The molecule has 2 rings (SSSR count). The van der Waals surface area contributed by atoms with Gasteiger partial charge in [0, 0.05) is 31.6 Å². The van der Waals surface area contributed by atoms with Crippen molar-refractivity contribution in [2.75, 3.05) is 47.6 Å². The molecule has 0 saturated carbocycles. The average Bonchev–Trinajstić information content (AvgIpc) is 3.54. The van der Waals surface area contributed by atoms with Crippen molar-refractivity contribution in [3.63, 3.8) is 0 Å². The maximum atomic E-state index is 10.8. The van der Waals surface area contributed by atoms with Crippen LogP contribution in [0.2, 0.25) is 0 Å². The van der Waals surface area contributed by atoms with E-state index in [1.165, 1.54) is 7.05 Å². The molecular weight excluding hydrogens is 492 g/mol. The molecule has 0 saturated heterocycles. The van der Waals surface area contributed by atoms with Crippen LogP contribution >= 0.6 is 0 Å². The molecular formula is C30H56N6O3. The van der Waals surface area contributed by atoms with Gasteiger partial charge in [-0.05, 0) is 52.9 Å². The van der Waals surface area contributed by atoms with Crippen molar-refractivity contribution in [3.05, 3.63) is 61.0 Å². The maximum absolute atomic E-state index is 10.8. The molecule has 2 aromatic heterocycles. The van der Waals surface area contributed by atoms with E-state index in [0.717, 1.165) is 43.5 Å². The number of carbonyl (C=O) groups excluding carboxylic acids is 1. The molecule has 2 aromatic rings. The van der Waals surface area contributed by atoms with Crippen molar-refractivity contribution < 1.29 is 14.3 Å². The molecule has 1 unspecified atom stereocenters. The number of hydrogen-bond acceptors (Lipinski definition) is 8. The minimum atomic E-state index is 0.116. The number of allylic oxidation sites excluding steroid dienone is 2. The lowest BCUT2D eigenvalue weighted by molar-refractivity contribution is -0.108. The van der Waals surface area contributed by atoms with Crippen LogP contribution in [0.15, 0.2) is 49.6 Å². The summed E-state index contributed by atoms with van der Waals surface area (Å²) in [7, 11) is 5.21. The zero-order valence-electron chi connectivity index (χ0n) is 26.1. The Morgan fingerprint density at radius 3 is 2.31 bits per heavy atom. The number of ether oxygens (including phenoxy) is 2. The van der Waals surface area contributed by atoms with Gasteiger partial charge in [0.05, 0.1) is 31.6 Å². The number of imidazole rings is 1. The first-order valence-corrected chi connectivity index (χ1v) is 13.9. The number of rotatable bonds is 14. The lowest BCUT2D eigenvalue weighted by Gasteiger charge is -2.26. The first-order valence-electron chi connectivity index (χ1n) is 13.9. The second-order valence-electron chi connectivity index (χ2n) is 7.57. The standard InChI is InChI=1S/C16H23N5O.C6H12O2.C5H10.C2H6.CH5N/c1-4-13-11-14(15(7-6-10-22)20(3)5-2)19-16(18-13)21-9-8-17-12-21;1-3-4-8-6-5-7-2;1-3-5-4-2;2*1-2/h8-12,15H,4-7H2,1-3H3;3H,1,4-6H2,2H3;3,5H,4H2,1-2H3;1-2H3;2H2,1H3/b;;5-3+;;. The van der Waals surface area contributed by atoms with Gasteiger partial charge in [0.25, 0.3) is 0 Å². The zero-order chi connectivity index (χ0) is 30.3. The number of aromatic nitrogens is 4. The van der Waals surface area contributed by atoms with E-state index in [0.29, 0.717) is 32.2 Å². The third-order valence-corrected chi connectivity index (χ3v) is 4.95. The van der Waals surface area contributed by atoms with Crippen LogP contribution in [0, 0.1) is 0 Å². The molecule has 0 aliphatic carbocycles. The molecule has 2 heterocycles. The van der Waals surface area contributed by atoms with Crippen molar-refractivity contribution in [3.8, 4) is 5.95 Å². The smallest absolute Gasteiger partial charge is 0.235 e. The molecule has 0 aromatic carbocycles. The highest BCUT2D eigenvalue weighted by molar-refractivity contribution is 5.49. The number of nitrogens with zero attached hydrogens (tertiary/aromatic N) is 5. The van der Waals surface area contributed by atoms with E-state index < -0.39 is 0 Å². The third kappa shape index (κ3) is 20.9. The maximum Gasteiger partial charge on any atom is 0.235 e. The fraction of sp³-hybridized carbons (Fsp3) is 0.600. The van der Waals surface area contributed by atoms with Gasteiger partial charge in [0.15, 0.2) is 0 Å². The van der Waals surface area contributed by atoms with E-state index in [2.05, 4.69) is 67.2 Å². The third-order valence-electron chi connectivity index (χ3n) is 4.95. The van der Waals surface area contributed by atoms with Gasteiger partial charge in [0.1, 0.15) is 12.6 Å². The molecule has 39 heavy (non-hydrogen) atoms. The van der Waals surface area contributed by atoms with Crippen LogP contribution in [0.1, 0.15) is 78.2 Å². The monoisotopic (exact) mass is 548 g/mol. The molecule has 0 spiro atoms. The van der Waals surface area contributed by atoms with Crippen LogP contribution in [-0.4, -0.2) is 78.3 Å². The van der Waals surface area contributed by atoms with Gasteiger partial charge in [-0.2, -0.15) is 0 Å². The molecule has 0 radical (unpaired) electrons. The van der Waals surface area contributed by atoms with Crippen LogP contribution in [0.5, 0.6) is 0 Å². The van der Waals surface area contributed by atoms with Gasteiger partial charge in [-0.1, -0.05) is 52.8 Å². The fourth-order valence-corrected chi connectivity index (χ4v) is 2.93. The Morgan fingerprint density at radius 2 is 1.87 bits per heavy atom. The lowest BCUT2D eigenvalue weighted by Crippen LogP contribution is -2.26. The number of carbonyl (C=O) groups is 1. The van der Waals surface area contributed by atoms with E-state index in [4.69, 9.17) is 14.5 Å². The molecule has 0 fully saturated rings. The first kappa shape index (κ1) is 40.8. The molecule has 0 amide bonds. The highest BCUT2D eigenvalue weighted by Gasteiger charge is 2.19. The molecule has 1 atom stereocenters. The van der Waals surface area contributed by atoms with Crippen LogP contribution in [0.3, 0.4) is 0 Å². The van der Waals surface area contributed by atoms with Gasteiger partial charge < -0.3 is 20.0 Å². The van der Waals surface area contributed by atoms with E-state index in [9.17, 15) is 4.79 Å². The Balaban J connectivity index is -0.000000630. The topological polar surface area (TPSA) is 108 Å². The molecule has 9 heteroatoms. The first-order chi connectivity index (χ1) is 19.0. The summed E-state index contributed by atoms with van der Waals surface area (Å²) in [4.78, 5) is 26.3. The minimum absolute atomic E-state index is 0.116. The summed E-state index contributed by atoms with van der Waals surface area (Å²) >= 11 is 0. The highest BCUT2D eigenvalue weighted by atomic mass is 16.5. The Labute approximate surface area is 238 Å². The van der Waals surface area contributed by atoms with Gasteiger partial charge >= 0.3 is 0 Å². The number of methoxy groups -OCH3 is 1. The summed E-state index contributed by atoms with van der Waals surface area (Å²) in [6.07, 6.45) is 15.4. The average molecular weight is 549 g/mol. The predicted octanol–water partition coefficient (Wildman–Crippen LogP) is 5.61. The molecule has 224 valence electrons. The quantitative estimate of drug-likeness (QED) is 0.184. The summed E-state index contributed by atoms with van der Waals surface area (Å²) in [6.45, 7) is 18.7. The van der Waals surface area contributed by atoms with Crippen molar-refractivity contribution in [1.82, 2.24) is 24.4 Å². The van der Waals surface area contributed by atoms with Gasteiger partial charge in [-0.3, -0.25) is 9.47 Å². The summed E-state index contributed by atoms with van der Waals surface area (Å²) in [5.41, 5.74) is 6.45. The normalized spacial score (nSPS) is 10.5. The molecule has 2 N–H and O–H groups in total. The van der Waals surface area contributed by atoms with E-state index >= 15 is 0 Å². The number of hydrogen-bond donors (Lipinski definition) is 1. The Bertz CT molecular complexity index is 813. The summed E-state index contributed by atoms with van der Waals surface area (Å²) < 4.78 is 11.5. The summed E-state index contributed by atoms with van der Waals surface area (Å²) in [5, 5.41) is 0. The van der Waals surface area contributed by atoms with Crippen molar-refractivity contribution in [2.45, 2.75) is 73.3 Å². The van der Waals surface area contributed by atoms with Gasteiger partial charge in [-0.25, -0.2) is 15.0 Å². The van der Waals surface area contributed by atoms with Crippen LogP contribution < -0.4 is 5.73 Å². The SMILES string of the molecule is C/C=C/CC.C=CCOCCOC.CC.CCc1cc(C(CCC=O)N(C)CC)nc(-n2ccnc2)n1.CN. The number of nitrogens with two attached hydrogens (primary N) is 1. The Morgan fingerprint density at radius 1 is 1.18 bits per heavy atom. The predicted molar refractivity (Wildman–Crippen MR) is 164 cm³/mol. The van der Waals surface area contributed by atoms with Crippen molar-refractivity contribution >= 4 is 6.29 Å². The Hall–Kier alpha value is -2.72. The molecule has 0 bridgehead atoms. The largest absolute Gasteiger partial charge is 0.382 e. The number of aryl methyl sites for hydroxylation is 1. The van der Waals surface area contributed by atoms with E-state index in [1.54, 1.807) is 25.7 Å². The van der Waals surface area contributed by atoms with Crippen LogP contribution in [0.4, 0.5) is 0 Å². The van der Waals surface area contributed by atoms with Gasteiger partial charge in [-0.15, -0.1) is 6.58 Å². The van der Waals surface area contributed by atoms with Crippen molar-refractivity contribution in [1.29, 1.82) is 0 Å². The highest BCUT2D eigenvalue weighted by Crippen LogP contribution is 2.24. The molecule has 9 nitrogen and oxygen atoms in total. The molecule has 0 aliphatic heterocycles. The summed E-state index contributed by atoms with van der Waals surface area (Å²) in [5.74, 6) is 0.632. The van der Waals surface area contributed by atoms with E-state index in [-0.39, 0.29) is 6.04 Å². The minimum Gasteiger partial charge on any atom is -0.382 e. The van der Waals surface area contributed by atoms with Crippen LogP contribution in [0.25, 0.3) is 5.95 Å². The fourth-order valence-electron chi connectivity index (χ4n) is 2.93. The van der Waals surface area contributed by atoms with Gasteiger partial charge in [0.2, 0.25) is 5.95 Å².